The van der Waals surface area contributed by atoms with Gasteiger partial charge in [-0.15, -0.1) is 0 Å². The lowest BCUT2D eigenvalue weighted by atomic mass is 10.0. The number of anilines is 1. The van der Waals surface area contributed by atoms with E-state index in [0.29, 0.717) is 10.7 Å². The number of halogens is 1. The van der Waals surface area contributed by atoms with E-state index < -0.39 is 12.1 Å². The predicted octanol–water partition coefficient (Wildman–Crippen LogP) is 4.16. The molecule has 0 spiro atoms. The van der Waals surface area contributed by atoms with Crippen LogP contribution in [0.2, 0.25) is 5.02 Å². The molecule has 6 heteroatoms. The maximum atomic E-state index is 12.3. The zero-order chi connectivity index (χ0) is 17.4. The third-order valence-corrected chi connectivity index (χ3v) is 3.64. The maximum absolute atomic E-state index is 12.3. The summed E-state index contributed by atoms with van der Waals surface area (Å²) in [5, 5.41) is 5.92. The first-order valence-electron chi connectivity index (χ1n) is 7.62. The standard InChI is InChI=1S/C18H19ClN2O3/c1-2-24-18(23)21-16(13-8-4-3-5-9-13)12-17(22)20-15-11-7-6-10-14(15)19/h3-11,16H,2,12H2,1H3,(H,20,22)(H,21,23)/t16-/m1/s1. The van der Waals surface area contributed by atoms with E-state index in [0.717, 1.165) is 5.56 Å². The molecule has 0 aliphatic carbocycles. The zero-order valence-corrected chi connectivity index (χ0v) is 14.0. The lowest BCUT2D eigenvalue weighted by molar-refractivity contribution is -0.116. The molecule has 0 unspecified atom stereocenters. The lowest BCUT2D eigenvalue weighted by Gasteiger charge is -2.19. The molecule has 2 N–H and O–H groups in total. The van der Waals surface area contributed by atoms with E-state index in [2.05, 4.69) is 10.6 Å². The second kappa shape index (κ2) is 8.93. The van der Waals surface area contributed by atoms with Crippen LogP contribution in [0.25, 0.3) is 0 Å². The Balaban J connectivity index is 2.08. The van der Waals surface area contributed by atoms with Crippen LogP contribution in [0.4, 0.5) is 10.5 Å². The number of nitrogens with one attached hydrogen (secondary N) is 2. The molecule has 0 saturated heterocycles. The van der Waals surface area contributed by atoms with Gasteiger partial charge in [0.15, 0.2) is 0 Å². The van der Waals surface area contributed by atoms with Crippen LogP contribution in [0.5, 0.6) is 0 Å². The average molecular weight is 347 g/mol. The molecule has 2 amide bonds. The topological polar surface area (TPSA) is 67.4 Å². The molecule has 0 bridgehead atoms. The average Bonchev–Trinajstić information content (AvgIpc) is 2.57. The van der Waals surface area contributed by atoms with Crippen molar-refractivity contribution < 1.29 is 14.3 Å². The Labute approximate surface area is 146 Å². The van der Waals surface area contributed by atoms with Crippen molar-refractivity contribution in [1.82, 2.24) is 5.32 Å². The number of carbonyl (C=O) groups excluding carboxylic acids is 2. The molecule has 0 fully saturated rings. The van der Waals surface area contributed by atoms with Crippen molar-refractivity contribution in [2.75, 3.05) is 11.9 Å². The van der Waals surface area contributed by atoms with E-state index in [4.69, 9.17) is 16.3 Å². The summed E-state index contributed by atoms with van der Waals surface area (Å²) < 4.78 is 4.91. The van der Waals surface area contributed by atoms with Gasteiger partial charge in [-0.25, -0.2) is 4.79 Å². The highest BCUT2D eigenvalue weighted by Crippen LogP contribution is 2.22. The first kappa shape index (κ1) is 17.8. The molecule has 0 aromatic heterocycles. The summed E-state index contributed by atoms with van der Waals surface area (Å²) in [6.07, 6.45) is -0.495. The minimum atomic E-state index is -0.558. The highest BCUT2D eigenvalue weighted by atomic mass is 35.5. The zero-order valence-electron chi connectivity index (χ0n) is 13.3. The molecule has 0 saturated carbocycles. The van der Waals surface area contributed by atoms with Crippen molar-refractivity contribution in [2.45, 2.75) is 19.4 Å². The summed E-state index contributed by atoms with van der Waals surface area (Å²) in [6.45, 7) is 1.99. The quantitative estimate of drug-likeness (QED) is 0.825. The van der Waals surface area contributed by atoms with Crippen LogP contribution in [-0.2, 0) is 9.53 Å². The van der Waals surface area contributed by atoms with E-state index in [-0.39, 0.29) is 18.9 Å². The van der Waals surface area contributed by atoms with Crippen LogP contribution < -0.4 is 10.6 Å². The molecule has 0 heterocycles. The number of ether oxygens (including phenoxy) is 1. The third kappa shape index (κ3) is 5.28. The van der Waals surface area contributed by atoms with E-state index in [9.17, 15) is 9.59 Å². The number of benzene rings is 2. The number of amides is 2. The van der Waals surface area contributed by atoms with Crippen LogP contribution in [-0.4, -0.2) is 18.6 Å². The first-order valence-corrected chi connectivity index (χ1v) is 8.00. The molecule has 24 heavy (non-hydrogen) atoms. The molecule has 1 atom stereocenters. The van der Waals surface area contributed by atoms with Crippen molar-refractivity contribution in [3.63, 3.8) is 0 Å². The first-order chi connectivity index (χ1) is 11.6. The number of rotatable bonds is 6. The largest absolute Gasteiger partial charge is 0.450 e. The maximum Gasteiger partial charge on any atom is 0.407 e. The second-order valence-corrected chi connectivity index (χ2v) is 5.47. The number of para-hydroxylation sites is 1. The van der Waals surface area contributed by atoms with Crippen molar-refractivity contribution >= 4 is 29.3 Å². The molecule has 0 aliphatic heterocycles. The highest BCUT2D eigenvalue weighted by Gasteiger charge is 2.19. The van der Waals surface area contributed by atoms with Gasteiger partial charge in [0.05, 0.1) is 29.8 Å². The monoisotopic (exact) mass is 346 g/mol. The second-order valence-electron chi connectivity index (χ2n) is 5.06. The van der Waals surface area contributed by atoms with Gasteiger partial charge in [-0.1, -0.05) is 54.1 Å². The third-order valence-electron chi connectivity index (χ3n) is 3.31. The fraction of sp³-hybridized carbons (Fsp3) is 0.222. The van der Waals surface area contributed by atoms with Gasteiger partial charge >= 0.3 is 6.09 Å². The summed E-state index contributed by atoms with van der Waals surface area (Å²) in [4.78, 5) is 24.1. The van der Waals surface area contributed by atoms with Gasteiger partial charge in [-0.2, -0.15) is 0 Å². The summed E-state index contributed by atoms with van der Waals surface area (Å²) in [5.41, 5.74) is 1.35. The summed E-state index contributed by atoms with van der Waals surface area (Å²) in [5.74, 6) is -0.256. The highest BCUT2D eigenvalue weighted by molar-refractivity contribution is 6.33. The predicted molar refractivity (Wildman–Crippen MR) is 94.0 cm³/mol. The van der Waals surface area contributed by atoms with Gasteiger partial charge in [0.1, 0.15) is 0 Å². The van der Waals surface area contributed by atoms with Gasteiger partial charge in [0.2, 0.25) is 5.91 Å². The van der Waals surface area contributed by atoms with E-state index >= 15 is 0 Å². The molecule has 126 valence electrons. The van der Waals surface area contributed by atoms with E-state index in [1.165, 1.54) is 0 Å². The van der Waals surface area contributed by atoms with Crippen molar-refractivity contribution in [1.29, 1.82) is 0 Å². The van der Waals surface area contributed by atoms with E-state index in [1.54, 1.807) is 31.2 Å². The lowest BCUT2D eigenvalue weighted by Crippen LogP contribution is -2.32. The fourth-order valence-corrected chi connectivity index (χ4v) is 2.38. The van der Waals surface area contributed by atoms with Gasteiger partial charge in [-0.05, 0) is 24.6 Å². The Bertz CT molecular complexity index is 692. The SMILES string of the molecule is CCOC(=O)N[C@H](CC(=O)Nc1ccccc1Cl)c1ccccc1. The Hall–Kier alpha value is -2.53. The minimum absolute atomic E-state index is 0.0635. The number of hydrogen-bond acceptors (Lipinski definition) is 3. The molecular weight excluding hydrogens is 328 g/mol. The summed E-state index contributed by atoms with van der Waals surface area (Å²) in [6, 6.07) is 15.8. The van der Waals surface area contributed by atoms with Crippen LogP contribution in [0.1, 0.15) is 24.9 Å². The molecule has 2 aromatic rings. The van der Waals surface area contributed by atoms with Crippen molar-refractivity contribution in [2.24, 2.45) is 0 Å². The van der Waals surface area contributed by atoms with Gasteiger partial charge in [0, 0.05) is 0 Å². The molecule has 2 aromatic carbocycles. The van der Waals surface area contributed by atoms with Gasteiger partial charge < -0.3 is 15.4 Å². The van der Waals surface area contributed by atoms with Crippen LogP contribution >= 0.6 is 11.6 Å². The van der Waals surface area contributed by atoms with Crippen LogP contribution in [0, 0.1) is 0 Å². The summed E-state index contributed by atoms with van der Waals surface area (Å²) in [7, 11) is 0. The number of hydrogen-bond donors (Lipinski definition) is 2. The smallest absolute Gasteiger partial charge is 0.407 e. The number of carbonyl (C=O) groups is 2. The fourth-order valence-electron chi connectivity index (χ4n) is 2.20. The number of alkyl carbamates (subject to hydrolysis) is 1. The van der Waals surface area contributed by atoms with E-state index in [1.807, 2.05) is 30.3 Å². The van der Waals surface area contributed by atoms with Crippen LogP contribution in [0.3, 0.4) is 0 Å². The molecular formula is C18H19ClN2O3. The Morgan fingerprint density at radius 1 is 1.08 bits per heavy atom. The van der Waals surface area contributed by atoms with Gasteiger partial charge in [0.25, 0.3) is 0 Å². The Kier molecular flexibility index (Phi) is 6.63. The molecule has 5 nitrogen and oxygen atoms in total. The summed E-state index contributed by atoms with van der Waals surface area (Å²) >= 11 is 6.04. The van der Waals surface area contributed by atoms with Crippen LogP contribution in [0.15, 0.2) is 54.6 Å². The van der Waals surface area contributed by atoms with Crippen molar-refractivity contribution in [3.8, 4) is 0 Å². The normalized spacial score (nSPS) is 11.4. The van der Waals surface area contributed by atoms with Gasteiger partial charge in [-0.3, -0.25) is 4.79 Å². The molecule has 2 rings (SSSR count). The Morgan fingerprint density at radius 3 is 2.42 bits per heavy atom. The minimum Gasteiger partial charge on any atom is -0.450 e. The van der Waals surface area contributed by atoms with Crippen molar-refractivity contribution in [3.05, 3.63) is 65.2 Å². The Morgan fingerprint density at radius 2 is 1.75 bits per heavy atom. The molecule has 0 radical (unpaired) electrons. The molecule has 0 aliphatic rings.